The first-order chi connectivity index (χ1) is 11.7. The van der Waals surface area contributed by atoms with E-state index < -0.39 is 6.10 Å². The van der Waals surface area contributed by atoms with Gasteiger partial charge in [-0.25, -0.2) is 0 Å². The molecule has 3 nitrogen and oxygen atoms in total. The smallest absolute Gasteiger partial charge is 0.107 e. The lowest BCUT2D eigenvalue weighted by Crippen LogP contribution is -2.28. The Morgan fingerprint density at radius 2 is 1.75 bits per heavy atom. The van der Waals surface area contributed by atoms with Gasteiger partial charge in [-0.1, -0.05) is 82.2 Å². The zero-order chi connectivity index (χ0) is 17.2. The minimum atomic E-state index is -0.422. The van der Waals surface area contributed by atoms with Gasteiger partial charge in [-0.05, 0) is 18.4 Å². The molecule has 136 valence electrons. The van der Waals surface area contributed by atoms with Gasteiger partial charge in [0.15, 0.2) is 0 Å². The van der Waals surface area contributed by atoms with Crippen LogP contribution in [-0.2, 0) is 11.3 Å². The van der Waals surface area contributed by atoms with Crippen LogP contribution in [-0.4, -0.2) is 35.5 Å². The van der Waals surface area contributed by atoms with Gasteiger partial charge in [0, 0.05) is 19.5 Å². The molecule has 1 aliphatic rings. The van der Waals surface area contributed by atoms with Gasteiger partial charge in [-0.15, -0.1) is 0 Å². The van der Waals surface area contributed by atoms with Crippen molar-refractivity contribution in [3.05, 3.63) is 35.9 Å². The van der Waals surface area contributed by atoms with E-state index >= 15 is 0 Å². The predicted octanol–water partition coefficient (Wildman–Crippen LogP) is 4.74. The third-order valence-electron chi connectivity index (χ3n) is 5.18. The van der Waals surface area contributed by atoms with Gasteiger partial charge in [0.05, 0.1) is 6.10 Å². The topological polar surface area (TPSA) is 32.7 Å². The van der Waals surface area contributed by atoms with E-state index in [-0.39, 0.29) is 6.10 Å². The van der Waals surface area contributed by atoms with Crippen LogP contribution in [0, 0.1) is 0 Å². The maximum atomic E-state index is 10.5. The lowest BCUT2D eigenvalue weighted by molar-refractivity contribution is -0.169. The average Bonchev–Trinajstić information content (AvgIpc) is 2.96. The number of hydroxylamine groups is 2. The third kappa shape index (κ3) is 6.54. The molecule has 0 unspecified atom stereocenters. The Labute approximate surface area is 148 Å². The first-order valence-electron chi connectivity index (χ1n) is 9.82. The highest BCUT2D eigenvalue weighted by Gasteiger charge is 2.34. The van der Waals surface area contributed by atoms with E-state index in [0.29, 0.717) is 12.5 Å². The van der Waals surface area contributed by atoms with E-state index in [0.717, 1.165) is 6.42 Å². The molecule has 1 aromatic rings. The van der Waals surface area contributed by atoms with Crippen molar-refractivity contribution in [1.29, 1.82) is 0 Å². The molecule has 3 heteroatoms. The van der Waals surface area contributed by atoms with Crippen LogP contribution >= 0.6 is 0 Å². The summed E-state index contributed by atoms with van der Waals surface area (Å²) in [6.07, 6.45) is 11.7. The largest absolute Gasteiger partial charge is 0.390 e. The fraction of sp³-hybridized carbons (Fsp3) is 0.714. The number of rotatable bonds is 11. The standard InChI is InChI=1S/C21H35NO2/c1-3-4-5-6-7-8-12-15-19-17-21(24-22(19)2)20(23)16-18-13-10-9-11-14-18/h9-11,13-14,19-21,23H,3-8,12,15-17H2,1-2H3/t19-,20+,21+/m0/s1. The number of hydrogen-bond acceptors (Lipinski definition) is 3. The van der Waals surface area contributed by atoms with E-state index in [1.807, 2.05) is 30.3 Å². The molecule has 2 rings (SSSR count). The van der Waals surface area contributed by atoms with Crippen molar-refractivity contribution < 1.29 is 9.94 Å². The van der Waals surface area contributed by atoms with Crippen molar-refractivity contribution in [2.75, 3.05) is 7.05 Å². The fourth-order valence-corrected chi connectivity index (χ4v) is 3.61. The molecule has 1 N–H and O–H groups in total. The van der Waals surface area contributed by atoms with E-state index in [4.69, 9.17) is 4.84 Å². The van der Waals surface area contributed by atoms with Crippen molar-refractivity contribution in [3.8, 4) is 0 Å². The van der Waals surface area contributed by atoms with E-state index in [2.05, 4.69) is 19.1 Å². The highest BCUT2D eigenvalue weighted by molar-refractivity contribution is 5.15. The number of nitrogens with zero attached hydrogens (tertiary/aromatic N) is 1. The Bertz CT molecular complexity index is 437. The SMILES string of the molecule is CCCCCCCCC[C@H]1C[C@H]([C@H](O)Cc2ccccc2)ON1C. The molecule has 3 atom stereocenters. The van der Waals surface area contributed by atoms with Crippen LogP contribution < -0.4 is 0 Å². The van der Waals surface area contributed by atoms with Crippen LogP contribution in [0.5, 0.6) is 0 Å². The molecule has 1 saturated heterocycles. The van der Waals surface area contributed by atoms with Gasteiger partial charge in [0.25, 0.3) is 0 Å². The van der Waals surface area contributed by atoms with Gasteiger partial charge < -0.3 is 5.11 Å². The molecule has 0 radical (unpaired) electrons. The minimum Gasteiger partial charge on any atom is -0.390 e. The van der Waals surface area contributed by atoms with Crippen molar-refractivity contribution in [2.24, 2.45) is 0 Å². The summed E-state index contributed by atoms with van der Waals surface area (Å²) in [4.78, 5) is 5.90. The molecule has 24 heavy (non-hydrogen) atoms. The summed E-state index contributed by atoms with van der Waals surface area (Å²) < 4.78 is 0. The van der Waals surface area contributed by atoms with Gasteiger partial charge >= 0.3 is 0 Å². The Kier molecular flexibility index (Phi) is 8.79. The fourth-order valence-electron chi connectivity index (χ4n) is 3.61. The lowest BCUT2D eigenvalue weighted by atomic mass is 9.97. The van der Waals surface area contributed by atoms with Crippen molar-refractivity contribution in [3.63, 3.8) is 0 Å². The van der Waals surface area contributed by atoms with Gasteiger partial charge in [0.2, 0.25) is 0 Å². The summed E-state index contributed by atoms with van der Waals surface area (Å²) >= 11 is 0. The van der Waals surface area contributed by atoms with E-state index in [9.17, 15) is 5.11 Å². The Balaban J connectivity index is 1.64. The Morgan fingerprint density at radius 1 is 1.08 bits per heavy atom. The van der Waals surface area contributed by atoms with Crippen LogP contribution in [0.25, 0.3) is 0 Å². The zero-order valence-corrected chi connectivity index (χ0v) is 15.5. The summed E-state index contributed by atoms with van der Waals surface area (Å²) in [5.41, 5.74) is 1.17. The second-order valence-electron chi connectivity index (χ2n) is 7.25. The van der Waals surface area contributed by atoms with Crippen LogP contribution in [0.3, 0.4) is 0 Å². The lowest BCUT2D eigenvalue weighted by Gasteiger charge is -2.18. The van der Waals surface area contributed by atoms with Crippen molar-refractivity contribution in [2.45, 2.75) is 89.4 Å². The second kappa shape index (κ2) is 10.9. The molecule has 0 amide bonds. The third-order valence-corrected chi connectivity index (χ3v) is 5.18. The monoisotopic (exact) mass is 333 g/mol. The maximum Gasteiger partial charge on any atom is 0.107 e. The summed E-state index contributed by atoms with van der Waals surface area (Å²) in [6.45, 7) is 2.26. The number of hydrogen-bond donors (Lipinski definition) is 1. The average molecular weight is 334 g/mol. The number of aliphatic hydroxyl groups is 1. The molecule has 1 aromatic carbocycles. The Hall–Kier alpha value is -0.900. The molecule has 0 aliphatic carbocycles. The Morgan fingerprint density at radius 3 is 2.46 bits per heavy atom. The second-order valence-corrected chi connectivity index (χ2v) is 7.25. The molecule has 1 heterocycles. The quantitative estimate of drug-likeness (QED) is 0.594. The molecule has 0 bridgehead atoms. The molecule has 0 aromatic heterocycles. The molecular formula is C21H35NO2. The number of aliphatic hydroxyl groups excluding tert-OH is 1. The zero-order valence-electron chi connectivity index (χ0n) is 15.5. The number of unbranched alkanes of at least 4 members (excludes halogenated alkanes) is 6. The highest BCUT2D eigenvalue weighted by atomic mass is 16.7. The normalized spacial score (nSPS) is 22.8. The molecule has 0 saturated carbocycles. The molecule has 0 spiro atoms. The molecule has 1 fully saturated rings. The van der Waals surface area contributed by atoms with Crippen LogP contribution in [0.15, 0.2) is 30.3 Å². The van der Waals surface area contributed by atoms with Crippen LogP contribution in [0.2, 0.25) is 0 Å². The van der Waals surface area contributed by atoms with Crippen molar-refractivity contribution >= 4 is 0 Å². The first kappa shape index (κ1) is 19.4. The summed E-state index contributed by atoms with van der Waals surface area (Å²) in [7, 11) is 2.02. The van der Waals surface area contributed by atoms with Gasteiger partial charge in [0.1, 0.15) is 6.10 Å². The number of benzene rings is 1. The highest BCUT2D eigenvalue weighted by Crippen LogP contribution is 2.27. The first-order valence-corrected chi connectivity index (χ1v) is 9.82. The predicted molar refractivity (Wildman–Crippen MR) is 99.8 cm³/mol. The summed E-state index contributed by atoms with van der Waals surface area (Å²) in [6, 6.07) is 10.6. The minimum absolute atomic E-state index is 0.0650. The van der Waals surface area contributed by atoms with Gasteiger partial charge in [-0.2, -0.15) is 5.06 Å². The maximum absolute atomic E-state index is 10.5. The van der Waals surface area contributed by atoms with Crippen LogP contribution in [0.4, 0.5) is 0 Å². The van der Waals surface area contributed by atoms with Crippen LogP contribution in [0.1, 0.15) is 70.3 Å². The molecule has 1 aliphatic heterocycles. The van der Waals surface area contributed by atoms with Gasteiger partial charge in [-0.3, -0.25) is 4.84 Å². The summed E-state index contributed by atoms with van der Waals surface area (Å²) in [5, 5.41) is 12.5. The van der Waals surface area contributed by atoms with E-state index in [1.165, 1.54) is 56.9 Å². The summed E-state index contributed by atoms with van der Waals surface area (Å²) in [5.74, 6) is 0. The molecular weight excluding hydrogens is 298 g/mol. The van der Waals surface area contributed by atoms with Crippen molar-refractivity contribution in [1.82, 2.24) is 5.06 Å². The van der Waals surface area contributed by atoms with E-state index in [1.54, 1.807) is 0 Å².